The summed E-state index contributed by atoms with van der Waals surface area (Å²) in [4.78, 5) is 20.5. The number of pyridine rings is 1. The van der Waals surface area contributed by atoms with Crippen molar-refractivity contribution in [2.24, 2.45) is 10.7 Å². The lowest BCUT2D eigenvalue weighted by Crippen LogP contribution is -2.56. The van der Waals surface area contributed by atoms with E-state index in [9.17, 15) is 13.6 Å². The van der Waals surface area contributed by atoms with Gasteiger partial charge in [0.2, 0.25) is 0 Å². The minimum absolute atomic E-state index is 0.193. The Labute approximate surface area is 159 Å². The van der Waals surface area contributed by atoms with Crippen LogP contribution in [0.4, 0.5) is 14.5 Å². The second-order valence-corrected chi connectivity index (χ2v) is 7.59. The average Bonchev–Trinajstić information content (AvgIpc) is 2.59. The maximum Gasteiger partial charge on any atom is 0.274 e. The Bertz CT molecular complexity index is 961. The molecule has 0 saturated heterocycles. The maximum atomic E-state index is 14.8. The number of hydrogen-bond acceptors (Lipinski definition) is 4. The Morgan fingerprint density at radius 1 is 1.37 bits per heavy atom. The fraction of sp³-hybridized carbons (Fsp3) is 0.316. The van der Waals surface area contributed by atoms with Crippen molar-refractivity contribution in [1.82, 2.24) is 4.98 Å². The van der Waals surface area contributed by atoms with Crippen LogP contribution in [-0.2, 0) is 12.0 Å². The second-order valence-electron chi connectivity index (χ2n) is 7.15. The standard InChI is InChI=1S/C19H17ClF2N4O/c1-18(22)8-15(21)19(26-17(18)23)7-10-2-4-12(6-13(10)19)25-16(27)14-5-3-11(20)9-24-14/h2-6,9,15H,7-8H2,1H3,(H2,23,26)(H,25,27)/t15-,18+,19+/m0/s1. The molecule has 0 radical (unpaired) electrons. The number of aromatic nitrogens is 1. The highest BCUT2D eigenvalue weighted by Gasteiger charge is 2.56. The minimum atomic E-state index is -1.95. The molecule has 2 aliphatic rings. The third-order valence-electron chi connectivity index (χ3n) is 5.19. The van der Waals surface area contributed by atoms with Gasteiger partial charge in [0.15, 0.2) is 5.67 Å². The zero-order chi connectivity index (χ0) is 19.4. The van der Waals surface area contributed by atoms with Crippen molar-refractivity contribution in [3.8, 4) is 0 Å². The first-order valence-electron chi connectivity index (χ1n) is 8.46. The molecule has 1 aromatic heterocycles. The Morgan fingerprint density at radius 3 is 2.85 bits per heavy atom. The van der Waals surface area contributed by atoms with E-state index in [2.05, 4.69) is 15.3 Å². The zero-order valence-corrected chi connectivity index (χ0v) is 15.2. The van der Waals surface area contributed by atoms with E-state index in [1.54, 1.807) is 24.3 Å². The third kappa shape index (κ3) is 2.86. The molecule has 1 aliphatic carbocycles. The van der Waals surface area contributed by atoms with Crippen molar-refractivity contribution in [2.45, 2.75) is 37.1 Å². The summed E-state index contributed by atoms with van der Waals surface area (Å²) < 4.78 is 29.1. The van der Waals surface area contributed by atoms with Crippen LogP contribution in [0.15, 0.2) is 41.5 Å². The van der Waals surface area contributed by atoms with Gasteiger partial charge in [-0.3, -0.25) is 9.79 Å². The number of aliphatic imine (C=N–C) groups is 1. The van der Waals surface area contributed by atoms with E-state index in [1.165, 1.54) is 19.2 Å². The second kappa shape index (κ2) is 5.99. The van der Waals surface area contributed by atoms with Gasteiger partial charge in [0.1, 0.15) is 23.2 Å². The number of amidine groups is 1. The van der Waals surface area contributed by atoms with E-state index in [4.69, 9.17) is 17.3 Å². The molecule has 0 unspecified atom stereocenters. The van der Waals surface area contributed by atoms with E-state index in [0.717, 1.165) is 5.56 Å². The number of anilines is 1. The molecule has 2 aromatic rings. The largest absolute Gasteiger partial charge is 0.385 e. The van der Waals surface area contributed by atoms with Crippen LogP contribution in [0.3, 0.4) is 0 Å². The summed E-state index contributed by atoms with van der Waals surface area (Å²) in [5, 5.41) is 3.15. The third-order valence-corrected chi connectivity index (χ3v) is 5.41. The van der Waals surface area contributed by atoms with Gasteiger partial charge in [0.05, 0.1) is 5.02 Å². The molecule has 8 heteroatoms. The molecule has 1 amide bonds. The fourth-order valence-electron chi connectivity index (χ4n) is 3.59. The highest BCUT2D eigenvalue weighted by Crippen LogP contribution is 2.51. The fourth-order valence-corrected chi connectivity index (χ4v) is 3.70. The number of rotatable bonds is 2. The summed E-state index contributed by atoms with van der Waals surface area (Å²) in [6.07, 6.45) is -0.0962. The number of halogens is 3. The zero-order valence-electron chi connectivity index (χ0n) is 14.5. The number of benzene rings is 1. The summed E-state index contributed by atoms with van der Waals surface area (Å²) in [6.45, 7) is 1.24. The van der Waals surface area contributed by atoms with Crippen LogP contribution in [0.5, 0.6) is 0 Å². The lowest BCUT2D eigenvalue weighted by molar-refractivity contribution is 0.0866. The van der Waals surface area contributed by atoms with E-state index >= 15 is 0 Å². The molecular formula is C19H17ClF2N4O. The number of carbonyl (C=O) groups excluding carboxylic acids is 1. The van der Waals surface area contributed by atoms with Gasteiger partial charge in [-0.1, -0.05) is 17.7 Å². The van der Waals surface area contributed by atoms with E-state index in [1.807, 2.05) is 0 Å². The van der Waals surface area contributed by atoms with E-state index in [-0.39, 0.29) is 18.0 Å². The van der Waals surface area contributed by atoms with Crippen LogP contribution in [0.1, 0.15) is 35.0 Å². The maximum absolute atomic E-state index is 14.8. The summed E-state index contributed by atoms with van der Waals surface area (Å²) in [6, 6.07) is 8.26. The van der Waals surface area contributed by atoms with Gasteiger partial charge in [-0.05, 0) is 42.3 Å². The predicted molar refractivity (Wildman–Crippen MR) is 99.7 cm³/mol. The van der Waals surface area contributed by atoms with Gasteiger partial charge in [0, 0.05) is 24.7 Å². The molecule has 0 bridgehead atoms. The highest BCUT2D eigenvalue weighted by molar-refractivity contribution is 6.30. The van der Waals surface area contributed by atoms with Crippen LogP contribution in [-0.4, -0.2) is 28.6 Å². The molecule has 3 atom stereocenters. The summed E-state index contributed by atoms with van der Waals surface area (Å²) in [5.74, 6) is -0.610. The first-order chi connectivity index (χ1) is 12.7. The Kier molecular flexibility index (Phi) is 3.96. The van der Waals surface area contributed by atoms with Crippen LogP contribution in [0, 0.1) is 0 Å². The molecule has 140 valence electrons. The normalized spacial score (nSPS) is 28.9. The van der Waals surface area contributed by atoms with Crippen LogP contribution >= 0.6 is 11.6 Å². The first-order valence-corrected chi connectivity index (χ1v) is 8.84. The topological polar surface area (TPSA) is 80.4 Å². The monoisotopic (exact) mass is 390 g/mol. The summed E-state index contributed by atoms with van der Waals surface area (Å²) in [7, 11) is 0. The van der Waals surface area contributed by atoms with Crippen LogP contribution < -0.4 is 11.1 Å². The SMILES string of the molecule is C[C@@]1(F)C[C@H](F)[C@]2(Cc3ccc(NC(=O)c4ccc(Cl)cn4)cc32)N=C1N. The van der Waals surface area contributed by atoms with Gasteiger partial charge in [-0.25, -0.2) is 13.8 Å². The lowest BCUT2D eigenvalue weighted by atomic mass is 9.65. The van der Waals surface area contributed by atoms with Crippen molar-refractivity contribution in [2.75, 3.05) is 5.32 Å². The van der Waals surface area contributed by atoms with Crippen molar-refractivity contribution in [3.05, 3.63) is 58.4 Å². The Morgan fingerprint density at radius 2 is 2.15 bits per heavy atom. The molecule has 3 N–H and O–H groups in total. The number of alkyl halides is 2. The lowest BCUT2D eigenvalue weighted by Gasteiger charge is -2.47. The molecule has 2 heterocycles. The van der Waals surface area contributed by atoms with E-state index in [0.29, 0.717) is 22.7 Å². The molecule has 27 heavy (non-hydrogen) atoms. The predicted octanol–water partition coefficient (Wildman–Crippen LogP) is 3.57. The quantitative estimate of drug-likeness (QED) is 0.822. The first kappa shape index (κ1) is 17.9. The van der Waals surface area contributed by atoms with E-state index < -0.39 is 23.3 Å². The van der Waals surface area contributed by atoms with Gasteiger partial charge in [-0.15, -0.1) is 0 Å². The smallest absolute Gasteiger partial charge is 0.274 e. The van der Waals surface area contributed by atoms with Crippen molar-refractivity contribution in [1.29, 1.82) is 0 Å². The molecule has 1 aromatic carbocycles. The molecule has 4 rings (SSSR count). The highest BCUT2D eigenvalue weighted by atomic mass is 35.5. The molecule has 1 spiro atoms. The van der Waals surface area contributed by atoms with Crippen molar-refractivity contribution < 1.29 is 13.6 Å². The molecular weight excluding hydrogens is 374 g/mol. The number of nitrogens with two attached hydrogens (primary N) is 1. The molecule has 1 aliphatic heterocycles. The van der Waals surface area contributed by atoms with Crippen molar-refractivity contribution >= 4 is 29.0 Å². The number of fused-ring (bicyclic) bond motifs is 2. The van der Waals surface area contributed by atoms with Crippen LogP contribution in [0.25, 0.3) is 0 Å². The number of amides is 1. The van der Waals surface area contributed by atoms with Crippen LogP contribution in [0.2, 0.25) is 5.02 Å². The summed E-state index contributed by atoms with van der Waals surface area (Å²) >= 11 is 5.77. The number of nitrogens with zero attached hydrogens (tertiary/aromatic N) is 2. The Balaban J connectivity index is 1.62. The Hall–Kier alpha value is -2.54. The van der Waals surface area contributed by atoms with Gasteiger partial charge in [0.25, 0.3) is 5.91 Å². The average molecular weight is 391 g/mol. The molecule has 0 saturated carbocycles. The molecule has 0 fully saturated rings. The molecule has 5 nitrogen and oxygen atoms in total. The number of carbonyl (C=O) groups is 1. The minimum Gasteiger partial charge on any atom is -0.385 e. The van der Waals surface area contributed by atoms with Gasteiger partial charge < -0.3 is 11.1 Å². The van der Waals surface area contributed by atoms with Gasteiger partial charge in [-0.2, -0.15) is 0 Å². The van der Waals surface area contributed by atoms with Gasteiger partial charge >= 0.3 is 0 Å². The summed E-state index contributed by atoms with van der Waals surface area (Å²) in [5.41, 5.74) is 4.82. The number of nitrogens with one attached hydrogen (secondary N) is 1. The van der Waals surface area contributed by atoms with Crippen molar-refractivity contribution in [3.63, 3.8) is 0 Å². The number of hydrogen-bond donors (Lipinski definition) is 2.